The summed E-state index contributed by atoms with van der Waals surface area (Å²) in [6.45, 7) is 0. The van der Waals surface area contributed by atoms with Crippen LogP contribution in [0.3, 0.4) is 0 Å². The minimum Gasteiger partial charge on any atom is -0.384 e. The predicted octanol–water partition coefficient (Wildman–Crippen LogP) is 1.78. The third-order valence-electron chi connectivity index (χ3n) is 1.42. The smallest absolute Gasteiger partial charge is 0.190 e. The molecule has 8 heteroatoms. The standard InChI is InChI=1S/C7H7N5S3/c1-13-6-10-4(8)2-5(11-6)15-7-12-9-3-14-7/h2-3H,1H3,(H2,8,10,11). The maximum atomic E-state index is 5.65. The van der Waals surface area contributed by atoms with E-state index < -0.39 is 0 Å². The summed E-state index contributed by atoms with van der Waals surface area (Å²) in [6.07, 6.45) is 1.91. The van der Waals surface area contributed by atoms with Gasteiger partial charge in [-0.1, -0.05) is 23.1 Å². The predicted molar refractivity (Wildman–Crippen MR) is 62.3 cm³/mol. The zero-order valence-corrected chi connectivity index (χ0v) is 10.2. The zero-order valence-electron chi connectivity index (χ0n) is 7.75. The third-order valence-corrected chi connectivity index (χ3v) is 3.66. The van der Waals surface area contributed by atoms with Crippen molar-refractivity contribution in [2.45, 2.75) is 14.5 Å². The van der Waals surface area contributed by atoms with E-state index in [1.807, 2.05) is 6.26 Å². The van der Waals surface area contributed by atoms with Gasteiger partial charge in [0.15, 0.2) is 9.50 Å². The highest BCUT2D eigenvalue weighted by Gasteiger charge is 2.05. The van der Waals surface area contributed by atoms with E-state index in [4.69, 9.17) is 5.73 Å². The Morgan fingerprint density at radius 3 is 2.93 bits per heavy atom. The van der Waals surface area contributed by atoms with Crippen molar-refractivity contribution in [3.8, 4) is 0 Å². The van der Waals surface area contributed by atoms with Crippen molar-refractivity contribution >= 4 is 40.7 Å². The van der Waals surface area contributed by atoms with Gasteiger partial charge in [0.1, 0.15) is 16.4 Å². The van der Waals surface area contributed by atoms with Crippen LogP contribution in [-0.2, 0) is 0 Å². The molecule has 2 aromatic rings. The Kier molecular flexibility index (Phi) is 3.39. The summed E-state index contributed by atoms with van der Waals surface area (Å²) >= 11 is 4.37. The van der Waals surface area contributed by atoms with Gasteiger partial charge < -0.3 is 5.73 Å². The number of thioether (sulfide) groups is 1. The van der Waals surface area contributed by atoms with Gasteiger partial charge in [0.25, 0.3) is 0 Å². The maximum Gasteiger partial charge on any atom is 0.190 e. The average molecular weight is 257 g/mol. The van der Waals surface area contributed by atoms with Gasteiger partial charge in [0, 0.05) is 6.07 Å². The molecule has 5 nitrogen and oxygen atoms in total. The highest BCUT2D eigenvalue weighted by molar-refractivity contribution is 8.01. The molecule has 0 saturated heterocycles. The fourth-order valence-electron chi connectivity index (χ4n) is 0.861. The van der Waals surface area contributed by atoms with E-state index in [0.29, 0.717) is 11.0 Å². The molecular weight excluding hydrogens is 250 g/mol. The van der Waals surface area contributed by atoms with Crippen molar-refractivity contribution in [1.82, 2.24) is 20.2 Å². The van der Waals surface area contributed by atoms with Gasteiger partial charge in [-0.2, -0.15) is 0 Å². The van der Waals surface area contributed by atoms with Crippen LogP contribution in [0.5, 0.6) is 0 Å². The lowest BCUT2D eigenvalue weighted by molar-refractivity contribution is 0.899. The molecule has 0 amide bonds. The van der Waals surface area contributed by atoms with Crippen LogP contribution in [0.4, 0.5) is 5.82 Å². The quantitative estimate of drug-likeness (QED) is 0.510. The summed E-state index contributed by atoms with van der Waals surface area (Å²) in [5.74, 6) is 0.473. The molecule has 2 N–H and O–H groups in total. The fourth-order valence-corrected chi connectivity index (χ4v) is 2.74. The number of nitrogen functional groups attached to an aromatic ring is 1. The summed E-state index contributed by atoms with van der Waals surface area (Å²) in [4.78, 5) is 8.37. The molecule has 78 valence electrons. The first-order chi connectivity index (χ1) is 7.28. The molecule has 0 spiro atoms. The first-order valence-corrected chi connectivity index (χ1v) is 6.82. The normalized spacial score (nSPS) is 10.5. The van der Waals surface area contributed by atoms with E-state index in [1.54, 1.807) is 11.6 Å². The Labute approximate surface area is 98.9 Å². The summed E-state index contributed by atoms with van der Waals surface area (Å²) in [6, 6.07) is 1.73. The molecule has 0 fully saturated rings. The molecule has 2 aromatic heterocycles. The molecule has 2 heterocycles. The second kappa shape index (κ2) is 4.77. The molecule has 15 heavy (non-hydrogen) atoms. The number of nitrogens with zero attached hydrogens (tertiary/aromatic N) is 4. The van der Waals surface area contributed by atoms with Gasteiger partial charge in [0.2, 0.25) is 0 Å². The monoisotopic (exact) mass is 257 g/mol. The maximum absolute atomic E-state index is 5.65. The van der Waals surface area contributed by atoms with Gasteiger partial charge in [-0.05, 0) is 18.0 Å². The Morgan fingerprint density at radius 2 is 2.27 bits per heavy atom. The van der Waals surface area contributed by atoms with Crippen molar-refractivity contribution in [1.29, 1.82) is 0 Å². The molecule has 0 unspecified atom stereocenters. The van der Waals surface area contributed by atoms with Gasteiger partial charge >= 0.3 is 0 Å². The largest absolute Gasteiger partial charge is 0.384 e. The molecule has 0 aliphatic carbocycles. The van der Waals surface area contributed by atoms with Crippen molar-refractivity contribution in [3.63, 3.8) is 0 Å². The molecule has 0 bridgehead atoms. The molecule has 0 aliphatic heterocycles. The number of anilines is 1. The van der Waals surface area contributed by atoms with E-state index in [2.05, 4.69) is 20.2 Å². The van der Waals surface area contributed by atoms with Crippen LogP contribution in [0.25, 0.3) is 0 Å². The van der Waals surface area contributed by atoms with Gasteiger partial charge in [-0.25, -0.2) is 9.97 Å². The van der Waals surface area contributed by atoms with Crippen molar-refractivity contribution in [3.05, 3.63) is 11.6 Å². The lowest BCUT2D eigenvalue weighted by Gasteiger charge is -2.00. The van der Waals surface area contributed by atoms with Crippen LogP contribution in [0.2, 0.25) is 0 Å². The van der Waals surface area contributed by atoms with Crippen LogP contribution < -0.4 is 5.73 Å². The number of hydrogen-bond donors (Lipinski definition) is 1. The minimum atomic E-state index is 0.473. The van der Waals surface area contributed by atoms with Crippen LogP contribution in [-0.4, -0.2) is 26.4 Å². The highest BCUT2D eigenvalue weighted by atomic mass is 32.2. The Bertz CT molecular complexity index is 444. The summed E-state index contributed by atoms with van der Waals surface area (Å²) in [7, 11) is 0. The van der Waals surface area contributed by atoms with E-state index >= 15 is 0 Å². The lowest BCUT2D eigenvalue weighted by Crippen LogP contribution is -1.95. The van der Waals surface area contributed by atoms with Gasteiger partial charge in [-0.15, -0.1) is 10.2 Å². The van der Waals surface area contributed by atoms with E-state index in [-0.39, 0.29) is 0 Å². The second-order valence-corrected chi connectivity index (χ2v) is 5.30. The van der Waals surface area contributed by atoms with Crippen molar-refractivity contribution in [2.24, 2.45) is 0 Å². The lowest BCUT2D eigenvalue weighted by atomic mass is 10.6. The van der Waals surface area contributed by atoms with Crippen LogP contribution >= 0.6 is 34.9 Å². The topological polar surface area (TPSA) is 77.6 Å². The Hall–Kier alpha value is -0.860. The first kappa shape index (κ1) is 10.7. The van der Waals surface area contributed by atoms with E-state index in [1.165, 1.54) is 34.9 Å². The summed E-state index contributed by atoms with van der Waals surface area (Å²) in [5, 5.41) is 9.13. The molecule has 0 atom stereocenters. The number of rotatable bonds is 3. The number of hydrogen-bond acceptors (Lipinski definition) is 8. The number of nitrogens with two attached hydrogens (primary N) is 1. The second-order valence-electron chi connectivity index (χ2n) is 2.42. The fraction of sp³-hybridized carbons (Fsp3) is 0.143. The molecule has 0 saturated carbocycles. The van der Waals surface area contributed by atoms with Crippen molar-refractivity contribution in [2.75, 3.05) is 12.0 Å². The zero-order chi connectivity index (χ0) is 10.7. The van der Waals surface area contributed by atoms with E-state index in [9.17, 15) is 0 Å². The SMILES string of the molecule is CSc1nc(N)cc(Sc2nncs2)n1. The minimum absolute atomic E-state index is 0.473. The van der Waals surface area contributed by atoms with Gasteiger partial charge in [0.05, 0.1) is 0 Å². The molecule has 0 radical (unpaired) electrons. The van der Waals surface area contributed by atoms with Crippen LogP contribution in [0.15, 0.2) is 26.1 Å². The Morgan fingerprint density at radius 1 is 1.40 bits per heavy atom. The van der Waals surface area contributed by atoms with Gasteiger partial charge in [-0.3, -0.25) is 0 Å². The third kappa shape index (κ3) is 2.80. The molecule has 0 aromatic carbocycles. The molecular formula is C7H7N5S3. The van der Waals surface area contributed by atoms with Crippen LogP contribution in [0, 0.1) is 0 Å². The Balaban J connectivity index is 2.24. The van der Waals surface area contributed by atoms with Crippen molar-refractivity contribution < 1.29 is 0 Å². The first-order valence-electron chi connectivity index (χ1n) is 3.90. The highest BCUT2D eigenvalue weighted by Crippen LogP contribution is 2.28. The summed E-state index contributed by atoms with van der Waals surface area (Å²) < 4.78 is 0.847. The number of aromatic nitrogens is 4. The average Bonchev–Trinajstić information content (AvgIpc) is 2.69. The summed E-state index contributed by atoms with van der Waals surface area (Å²) in [5.41, 5.74) is 7.34. The molecule has 0 aliphatic rings. The van der Waals surface area contributed by atoms with E-state index in [0.717, 1.165) is 9.37 Å². The van der Waals surface area contributed by atoms with Crippen LogP contribution in [0.1, 0.15) is 0 Å². The molecule has 2 rings (SSSR count).